The van der Waals surface area contributed by atoms with Crippen molar-refractivity contribution in [3.05, 3.63) is 67.1 Å². The van der Waals surface area contributed by atoms with Crippen LogP contribution >= 0.6 is 0 Å². The third-order valence-corrected chi connectivity index (χ3v) is 5.51. The molecule has 4 rings (SSSR count). The first kappa shape index (κ1) is 18.7. The monoisotopic (exact) mass is 411 g/mol. The van der Waals surface area contributed by atoms with E-state index < -0.39 is 16.0 Å². The van der Waals surface area contributed by atoms with Gasteiger partial charge < -0.3 is 4.74 Å². The number of nitrogens with zero attached hydrogens (tertiary/aromatic N) is 4. The predicted octanol–water partition coefficient (Wildman–Crippen LogP) is 3.04. The topological polar surface area (TPSA) is 107 Å². The van der Waals surface area contributed by atoms with Crippen molar-refractivity contribution in [3.63, 3.8) is 0 Å². The van der Waals surface area contributed by atoms with Gasteiger partial charge in [-0.05, 0) is 35.7 Å². The minimum absolute atomic E-state index is 0.0362. The molecule has 1 N–H and O–H groups in total. The highest BCUT2D eigenvalue weighted by molar-refractivity contribution is 7.92. The van der Waals surface area contributed by atoms with Crippen LogP contribution in [0.15, 0.2) is 66.1 Å². The molecule has 10 heteroatoms. The maximum absolute atomic E-state index is 14.4. The fraction of sp³-hybridized carbons (Fsp3) is 0.0526. The van der Waals surface area contributed by atoms with Crippen LogP contribution in [0.25, 0.3) is 22.0 Å². The van der Waals surface area contributed by atoms with Crippen LogP contribution in [0.4, 0.5) is 10.2 Å². The van der Waals surface area contributed by atoms with Gasteiger partial charge in [-0.1, -0.05) is 6.07 Å². The number of benzene rings is 1. The molecule has 0 fully saturated rings. The second kappa shape index (κ2) is 7.40. The number of rotatable bonds is 5. The van der Waals surface area contributed by atoms with Crippen molar-refractivity contribution >= 4 is 26.6 Å². The van der Waals surface area contributed by atoms with Gasteiger partial charge in [-0.2, -0.15) is 9.37 Å². The molecule has 0 saturated carbocycles. The number of fused-ring (bicyclic) bond motifs is 1. The summed E-state index contributed by atoms with van der Waals surface area (Å²) in [5.74, 6) is -0.427. The van der Waals surface area contributed by atoms with Crippen molar-refractivity contribution in [2.24, 2.45) is 0 Å². The molecule has 0 unspecified atom stereocenters. The van der Waals surface area contributed by atoms with Gasteiger partial charge in [0.25, 0.3) is 10.0 Å². The molecular formula is C19H14FN5O3S. The summed E-state index contributed by atoms with van der Waals surface area (Å²) in [5, 5.41) is 1.16. The van der Waals surface area contributed by atoms with Crippen LogP contribution in [0, 0.1) is 5.95 Å². The molecule has 0 spiro atoms. The Labute approximate surface area is 165 Å². The number of aromatic nitrogens is 4. The van der Waals surface area contributed by atoms with Gasteiger partial charge in [0, 0.05) is 23.8 Å². The standard InChI is InChI=1S/C19H14FN5O3S/c1-28-17-5-4-15(19(20)24-17)18-14-3-2-13(10-12(14)6-9-22-18)29(26,27)25-16-7-8-21-11-23-16/h2-11H,1H3,(H,21,23,25). The Hall–Kier alpha value is -3.66. The second-order valence-corrected chi connectivity index (χ2v) is 7.62. The van der Waals surface area contributed by atoms with E-state index >= 15 is 0 Å². The van der Waals surface area contributed by atoms with E-state index in [-0.39, 0.29) is 22.2 Å². The highest BCUT2D eigenvalue weighted by Crippen LogP contribution is 2.30. The minimum Gasteiger partial charge on any atom is -0.481 e. The van der Waals surface area contributed by atoms with Gasteiger partial charge in [0.05, 0.1) is 23.3 Å². The first-order chi connectivity index (χ1) is 14.0. The van der Waals surface area contributed by atoms with E-state index in [4.69, 9.17) is 4.74 Å². The quantitative estimate of drug-likeness (QED) is 0.503. The summed E-state index contributed by atoms with van der Waals surface area (Å²) >= 11 is 0. The molecule has 146 valence electrons. The van der Waals surface area contributed by atoms with Gasteiger partial charge in [-0.15, -0.1) is 0 Å². The highest BCUT2D eigenvalue weighted by Gasteiger charge is 2.18. The molecular weight excluding hydrogens is 397 g/mol. The number of anilines is 1. The Morgan fingerprint density at radius 3 is 2.62 bits per heavy atom. The van der Waals surface area contributed by atoms with Crippen LogP contribution in [0.2, 0.25) is 0 Å². The highest BCUT2D eigenvalue weighted by atomic mass is 32.2. The third-order valence-electron chi connectivity index (χ3n) is 4.15. The van der Waals surface area contributed by atoms with Gasteiger partial charge in [-0.25, -0.2) is 18.4 Å². The summed E-state index contributed by atoms with van der Waals surface area (Å²) in [6.45, 7) is 0. The fourth-order valence-corrected chi connectivity index (χ4v) is 3.84. The maximum atomic E-state index is 14.4. The molecule has 0 aliphatic carbocycles. The Morgan fingerprint density at radius 2 is 1.90 bits per heavy atom. The Morgan fingerprint density at radius 1 is 1.03 bits per heavy atom. The number of nitrogens with one attached hydrogen (secondary N) is 1. The SMILES string of the molecule is COc1ccc(-c2nccc3cc(S(=O)(=O)Nc4ccncn4)ccc23)c(F)n1. The largest absolute Gasteiger partial charge is 0.481 e. The van der Waals surface area contributed by atoms with Gasteiger partial charge >= 0.3 is 0 Å². The molecule has 4 aromatic rings. The number of hydrogen-bond donors (Lipinski definition) is 1. The van der Waals surface area contributed by atoms with E-state index in [2.05, 4.69) is 24.7 Å². The van der Waals surface area contributed by atoms with Crippen LogP contribution in [0.3, 0.4) is 0 Å². The average Bonchev–Trinajstić information content (AvgIpc) is 2.73. The summed E-state index contributed by atoms with van der Waals surface area (Å²) in [6.07, 6.45) is 4.16. The Kier molecular flexibility index (Phi) is 4.77. The van der Waals surface area contributed by atoms with Crippen LogP contribution in [-0.4, -0.2) is 35.5 Å². The number of methoxy groups -OCH3 is 1. The third kappa shape index (κ3) is 3.69. The molecule has 1 aromatic carbocycles. The summed E-state index contributed by atoms with van der Waals surface area (Å²) in [6, 6.07) is 10.6. The minimum atomic E-state index is -3.86. The second-order valence-electron chi connectivity index (χ2n) is 5.93. The summed E-state index contributed by atoms with van der Waals surface area (Å²) in [7, 11) is -2.47. The summed E-state index contributed by atoms with van der Waals surface area (Å²) in [5.41, 5.74) is 0.536. The lowest BCUT2D eigenvalue weighted by Crippen LogP contribution is -2.13. The van der Waals surface area contributed by atoms with E-state index in [0.717, 1.165) is 0 Å². The zero-order valence-electron chi connectivity index (χ0n) is 15.1. The van der Waals surface area contributed by atoms with Crippen molar-refractivity contribution in [2.45, 2.75) is 4.90 Å². The molecule has 0 bridgehead atoms. The van der Waals surface area contributed by atoms with Crippen molar-refractivity contribution in [2.75, 3.05) is 11.8 Å². The number of halogens is 1. The molecule has 0 aliphatic rings. The molecule has 0 radical (unpaired) electrons. The molecule has 8 nitrogen and oxygen atoms in total. The molecule has 0 saturated heterocycles. The first-order valence-corrected chi connectivity index (χ1v) is 9.85. The van der Waals surface area contributed by atoms with Crippen molar-refractivity contribution in [1.82, 2.24) is 19.9 Å². The molecule has 0 aliphatic heterocycles. The van der Waals surface area contributed by atoms with Gasteiger partial charge in [-0.3, -0.25) is 9.71 Å². The first-order valence-electron chi connectivity index (χ1n) is 8.36. The lowest BCUT2D eigenvalue weighted by atomic mass is 10.1. The zero-order chi connectivity index (χ0) is 20.4. The molecule has 3 aromatic heterocycles. The van der Waals surface area contributed by atoms with E-state index in [1.807, 2.05) is 0 Å². The smallest absolute Gasteiger partial charge is 0.263 e. The number of sulfonamides is 1. The molecule has 0 amide bonds. The Balaban J connectivity index is 1.77. The van der Waals surface area contributed by atoms with Crippen LogP contribution in [-0.2, 0) is 10.0 Å². The lowest BCUT2D eigenvalue weighted by molar-refractivity contribution is 0.388. The van der Waals surface area contributed by atoms with Crippen LogP contribution < -0.4 is 9.46 Å². The van der Waals surface area contributed by atoms with Gasteiger partial charge in [0.1, 0.15) is 12.1 Å². The number of hydrogen-bond acceptors (Lipinski definition) is 7. The van der Waals surface area contributed by atoms with Crippen molar-refractivity contribution < 1.29 is 17.5 Å². The maximum Gasteiger partial charge on any atom is 0.263 e. The summed E-state index contributed by atoms with van der Waals surface area (Å²) < 4.78 is 47.0. The predicted molar refractivity (Wildman–Crippen MR) is 104 cm³/mol. The molecule has 3 heterocycles. The summed E-state index contributed by atoms with van der Waals surface area (Å²) in [4.78, 5) is 15.6. The van der Waals surface area contributed by atoms with E-state index in [1.54, 1.807) is 12.1 Å². The molecule has 29 heavy (non-hydrogen) atoms. The average molecular weight is 411 g/mol. The van der Waals surface area contributed by atoms with Gasteiger partial charge in [0.2, 0.25) is 11.8 Å². The number of pyridine rings is 2. The van der Waals surface area contributed by atoms with Crippen LogP contribution in [0.1, 0.15) is 0 Å². The normalized spacial score (nSPS) is 11.4. The van der Waals surface area contributed by atoms with Crippen LogP contribution in [0.5, 0.6) is 5.88 Å². The Bertz CT molecular complexity index is 1300. The van der Waals surface area contributed by atoms with E-state index in [9.17, 15) is 12.8 Å². The van der Waals surface area contributed by atoms with E-state index in [0.29, 0.717) is 16.5 Å². The van der Waals surface area contributed by atoms with Crippen molar-refractivity contribution in [3.8, 4) is 17.1 Å². The molecule has 0 atom stereocenters. The number of ether oxygens (including phenoxy) is 1. The fourth-order valence-electron chi connectivity index (χ4n) is 2.79. The lowest BCUT2D eigenvalue weighted by Gasteiger charge is -2.10. The zero-order valence-corrected chi connectivity index (χ0v) is 15.9. The van der Waals surface area contributed by atoms with E-state index in [1.165, 1.54) is 56.2 Å². The van der Waals surface area contributed by atoms with Gasteiger partial charge in [0.15, 0.2) is 0 Å². The van der Waals surface area contributed by atoms with Crippen molar-refractivity contribution in [1.29, 1.82) is 0 Å².